The number of halogens is 1. The molecule has 1 aromatic carbocycles. The first-order valence-corrected chi connectivity index (χ1v) is 10.2. The average Bonchev–Trinajstić information content (AvgIpc) is 2.93. The topological polar surface area (TPSA) is 46.2 Å². The van der Waals surface area contributed by atoms with Crippen LogP contribution in [0.25, 0.3) is 0 Å². The summed E-state index contributed by atoms with van der Waals surface area (Å²) in [5.41, 5.74) is 2.51. The SMILES string of the molecule is O=S(=O)(NCC1CCCC(Br)C1)c1ccc2c(c1)CCC2. The third kappa shape index (κ3) is 3.69. The lowest BCUT2D eigenvalue weighted by Gasteiger charge is -2.25. The Morgan fingerprint density at radius 1 is 1.14 bits per heavy atom. The van der Waals surface area contributed by atoms with Crippen LogP contribution < -0.4 is 4.72 Å². The number of hydrogen-bond acceptors (Lipinski definition) is 2. The lowest BCUT2D eigenvalue weighted by molar-refractivity contribution is 0.368. The standard InChI is InChI=1S/C16H22BrNO2S/c17-15-6-1-3-12(9-15)11-18-21(19,20)16-8-7-13-4-2-5-14(13)10-16/h7-8,10,12,15,18H,1-6,9,11H2. The highest BCUT2D eigenvalue weighted by Crippen LogP contribution is 2.29. The minimum absolute atomic E-state index is 0.425. The van der Waals surface area contributed by atoms with E-state index in [4.69, 9.17) is 0 Å². The molecule has 0 aromatic heterocycles. The average molecular weight is 372 g/mol. The van der Waals surface area contributed by atoms with Crippen molar-refractivity contribution in [2.24, 2.45) is 5.92 Å². The zero-order valence-electron chi connectivity index (χ0n) is 12.1. The van der Waals surface area contributed by atoms with Gasteiger partial charge in [0.15, 0.2) is 0 Å². The number of hydrogen-bond donors (Lipinski definition) is 1. The van der Waals surface area contributed by atoms with Gasteiger partial charge in [0.1, 0.15) is 0 Å². The van der Waals surface area contributed by atoms with Crippen LogP contribution in [0.5, 0.6) is 0 Å². The molecule has 0 amide bonds. The maximum atomic E-state index is 12.4. The summed E-state index contributed by atoms with van der Waals surface area (Å²) in [6.07, 6.45) is 7.79. The van der Waals surface area contributed by atoms with E-state index >= 15 is 0 Å². The third-order valence-corrected chi connectivity index (χ3v) is 6.91. The van der Waals surface area contributed by atoms with Crippen molar-refractivity contribution in [3.63, 3.8) is 0 Å². The van der Waals surface area contributed by atoms with Gasteiger partial charge in [0, 0.05) is 11.4 Å². The van der Waals surface area contributed by atoms with Gasteiger partial charge in [-0.15, -0.1) is 0 Å². The van der Waals surface area contributed by atoms with Gasteiger partial charge in [-0.05, 0) is 67.7 Å². The van der Waals surface area contributed by atoms with Crippen LogP contribution in [0.15, 0.2) is 23.1 Å². The van der Waals surface area contributed by atoms with Crippen LogP contribution in [0.2, 0.25) is 0 Å². The van der Waals surface area contributed by atoms with Gasteiger partial charge in [0.2, 0.25) is 10.0 Å². The summed E-state index contributed by atoms with van der Waals surface area (Å²) in [6.45, 7) is 0.557. The van der Waals surface area contributed by atoms with Gasteiger partial charge in [0.25, 0.3) is 0 Å². The van der Waals surface area contributed by atoms with Gasteiger partial charge in [-0.3, -0.25) is 0 Å². The Morgan fingerprint density at radius 3 is 2.76 bits per heavy atom. The fourth-order valence-electron chi connectivity index (χ4n) is 3.44. The van der Waals surface area contributed by atoms with E-state index in [2.05, 4.69) is 20.7 Å². The van der Waals surface area contributed by atoms with Crippen molar-refractivity contribution in [3.8, 4) is 0 Å². The Hall–Kier alpha value is -0.390. The Labute approximate surface area is 135 Å². The van der Waals surface area contributed by atoms with Crippen LogP contribution in [-0.2, 0) is 22.9 Å². The van der Waals surface area contributed by atoms with Crippen molar-refractivity contribution >= 4 is 26.0 Å². The fourth-order valence-corrected chi connectivity index (χ4v) is 5.46. The number of aryl methyl sites for hydroxylation is 2. The van der Waals surface area contributed by atoms with Gasteiger partial charge in [-0.25, -0.2) is 13.1 Å². The lowest BCUT2D eigenvalue weighted by atomic mass is 9.89. The lowest BCUT2D eigenvalue weighted by Crippen LogP contribution is -2.32. The second kappa shape index (κ2) is 6.39. The molecule has 0 saturated heterocycles. The van der Waals surface area contributed by atoms with Crippen molar-refractivity contribution in [3.05, 3.63) is 29.3 Å². The predicted octanol–water partition coefficient (Wildman–Crippen LogP) is 3.41. The van der Waals surface area contributed by atoms with Crippen molar-refractivity contribution in [2.45, 2.75) is 54.7 Å². The number of alkyl halides is 1. The van der Waals surface area contributed by atoms with Gasteiger partial charge >= 0.3 is 0 Å². The molecular weight excluding hydrogens is 350 g/mol. The van der Waals surface area contributed by atoms with E-state index in [1.165, 1.54) is 24.0 Å². The highest BCUT2D eigenvalue weighted by Gasteiger charge is 2.23. The van der Waals surface area contributed by atoms with E-state index in [9.17, 15) is 8.42 Å². The van der Waals surface area contributed by atoms with Crippen molar-refractivity contribution in [2.75, 3.05) is 6.54 Å². The predicted molar refractivity (Wildman–Crippen MR) is 88.3 cm³/mol. The molecule has 2 aliphatic carbocycles. The highest BCUT2D eigenvalue weighted by atomic mass is 79.9. The van der Waals surface area contributed by atoms with Gasteiger partial charge in [0.05, 0.1) is 4.90 Å². The zero-order valence-corrected chi connectivity index (χ0v) is 14.5. The second-order valence-corrected chi connectivity index (χ2v) is 9.33. The van der Waals surface area contributed by atoms with E-state index in [0.29, 0.717) is 22.2 Å². The summed E-state index contributed by atoms with van der Waals surface area (Å²) < 4.78 is 27.7. The first-order valence-electron chi connectivity index (χ1n) is 7.80. The number of rotatable bonds is 4. The van der Waals surface area contributed by atoms with Crippen LogP contribution in [0, 0.1) is 5.92 Å². The molecule has 21 heavy (non-hydrogen) atoms. The first kappa shape index (κ1) is 15.5. The Bertz CT molecular complexity index is 615. The van der Waals surface area contributed by atoms with Crippen molar-refractivity contribution < 1.29 is 8.42 Å². The molecule has 0 heterocycles. The van der Waals surface area contributed by atoms with Crippen LogP contribution in [0.1, 0.15) is 43.2 Å². The smallest absolute Gasteiger partial charge is 0.211 e. The highest BCUT2D eigenvalue weighted by molar-refractivity contribution is 9.09. The monoisotopic (exact) mass is 371 g/mol. The summed E-state index contributed by atoms with van der Waals surface area (Å²) in [4.78, 5) is 0.968. The molecule has 0 bridgehead atoms. The largest absolute Gasteiger partial charge is 0.240 e. The normalized spacial score (nSPS) is 25.8. The number of sulfonamides is 1. The molecule has 5 heteroatoms. The molecule has 3 nitrogen and oxygen atoms in total. The minimum atomic E-state index is -3.36. The minimum Gasteiger partial charge on any atom is -0.211 e. The molecule has 3 rings (SSSR count). The van der Waals surface area contributed by atoms with E-state index in [1.807, 2.05) is 12.1 Å². The van der Waals surface area contributed by atoms with Crippen LogP contribution in [-0.4, -0.2) is 19.8 Å². The molecule has 2 unspecified atom stereocenters. The Morgan fingerprint density at radius 2 is 1.95 bits per heavy atom. The molecule has 2 atom stereocenters. The molecule has 0 spiro atoms. The fraction of sp³-hybridized carbons (Fsp3) is 0.625. The molecule has 2 aliphatic rings. The van der Waals surface area contributed by atoms with Crippen LogP contribution >= 0.6 is 15.9 Å². The van der Waals surface area contributed by atoms with Crippen molar-refractivity contribution in [1.29, 1.82) is 0 Å². The van der Waals surface area contributed by atoms with Gasteiger partial charge in [-0.1, -0.05) is 28.4 Å². The maximum Gasteiger partial charge on any atom is 0.240 e. The van der Waals surface area contributed by atoms with E-state index in [-0.39, 0.29) is 0 Å². The quantitative estimate of drug-likeness (QED) is 0.824. The molecule has 1 N–H and O–H groups in total. The summed E-state index contributed by atoms with van der Waals surface area (Å²) in [5, 5.41) is 0. The summed E-state index contributed by atoms with van der Waals surface area (Å²) >= 11 is 3.65. The Balaban J connectivity index is 1.66. The third-order valence-electron chi connectivity index (χ3n) is 4.66. The number of nitrogens with one attached hydrogen (secondary N) is 1. The second-order valence-electron chi connectivity index (χ2n) is 6.27. The molecule has 0 radical (unpaired) electrons. The summed E-state index contributed by atoms with van der Waals surface area (Å²) in [7, 11) is -3.36. The van der Waals surface area contributed by atoms with E-state index < -0.39 is 10.0 Å². The van der Waals surface area contributed by atoms with E-state index in [1.54, 1.807) is 6.07 Å². The molecule has 1 saturated carbocycles. The molecule has 116 valence electrons. The maximum absolute atomic E-state index is 12.4. The molecule has 1 aromatic rings. The molecule has 0 aliphatic heterocycles. The number of benzene rings is 1. The Kier molecular flexibility index (Phi) is 4.71. The first-order chi connectivity index (χ1) is 10.0. The molecule has 1 fully saturated rings. The molecular formula is C16H22BrNO2S. The van der Waals surface area contributed by atoms with Crippen LogP contribution in [0.4, 0.5) is 0 Å². The van der Waals surface area contributed by atoms with Crippen LogP contribution in [0.3, 0.4) is 0 Å². The van der Waals surface area contributed by atoms with Crippen molar-refractivity contribution in [1.82, 2.24) is 4.72 Å². The summed E-state index contributed by atoms with van der Waals surface area (Å²) in [6, 6.07) is 5.59. The van der Waals surface area contributed by atoms with Gasteiger partial charge < -0.3 is 0 Å². The van der Waals surface area contributed by atoms with Gasteiger partial charge in [-0.2, -0.15) is 0 Å². The zero-order chi connectivity index (χ0) is 14.9. The van der Waals surface area contributed by atoms with E-state index in [0.717, 1.165) is 32.1 Å². The number of fused-ring (bicyclic) bond motifs is 1. The summed E-state index contributed by atoms with van der Waals surface area (Å²) in [5.74, 6) is 0.451.